The predicted octanol–water partition coefficient (Wildman–Crippen LogP) is 8.60. The van der Waals surface area contributed by atoms with Gasteiger partial charge in [0.2, 0.25) is 0 Å². The predicted molar refractivity (Wildman–Crippen MR) is 206 cm³/mol. The minimum atomic E-state index is -4.63. The first-order valence-electron chi connectivity index (χ1n) is 19.5. The van der Waals surface area contributed by atoms with E-state index in [0.717, 1.165) is 63.7 Å². The van der Waals surface area contributed by atoms with Gasteiger partial charge in [0.1, 0.15) is 12.7 Å². The number of aliphatic hydroxyl groups is 3. The smallest absolute Gasteiger partial charge is 0.462 e. The first kappa shape index (κ1) is 49.9. The monoisotopic (exact) mass is 758 g/mol. The highest BCUT2D eigenvalue weighted by Crippen LogP contribution is 2.43. The topological polar surface area (TPSA) is 169 Å². The van der Waals surface area contributed by atoms with Crippen molar-refractivity contribution in [3.63, 3.8) is 0 Å². The molecule has 0 amide bonds. The summed E-state index contributed by atoms with van der Waals surface area (Å²) in [7, 11) is -4.63. The molecule has 0 heterocycles. The Balaban J connectivity index is 4.47. The van der Waals surface area contributed by atoms with Crippen LogP contribution in [0.5, 0.6) is 0 Å². The number of carbonyl (C=O) groups excluding carboxylic acids is 2. The van der Waals surface area contributed by atoms with Crippen LogP contribution < -0.4 is 0 Å². The number of allylic oxidation sites excluding steroid dienone is 7. The molecule has 11 nitrogen and oxygen atoms in total. The zero-order chi connectivity index (χ0) is 38.7. The summed E-state index contributed by atoms with van der Waals surface area (Å²) in [5.74, 6) is -0.272. The van der Waals surface area contributed by atoms with E-state index in [0.29, 0.717) is 19.3 Å². The van der Waals surface area contributed by atoms with Crippen LogP contribution in [-0.2, 0) is 32.7 Å². The lowest BCUT2D eigenvalue weighted by Gasteiger charge is -2.20. The van der Waals surface area contributed by atoms with Gasteiger partial charge in [0.15, 0.2) is 6.10 Å². The van der Waals surface area contributed by atoms with Crippen LogP contribution in [0.3, 0.4) is 0 Å². The van der Waals surface area contributed by atoms with Gasteiger partial charge >= 0.3 is 19.8 Å². The summed E-state index contributed by atoms with van der Waals surface area (Å²) in [6.45, 7) is 4.39. The van der Waals surface area contributed by atoms with Crippen molar-refractivity contribution in [2.24, 2.45) is 5.92 Å². The van der Waals surface area contributed by atoms with E-state index in [1.54, 1.807) is 0 Å². The van der Waals surface area contributed by atoms with E-state index in [9.17, 15) is 29.3 Å². The molecule has 0 aromatic heterocycles. The number of carbonyl (C=O) groups is 2. The highest BCUT2D eigenvalue weighted by atomic mass is 31.2. The molecule has 0 spiro atoms. The molecule has 0 saturated heterocycles. The van der Waals surface area contributed by atoms with Crippen LogP contribution in [0, 0.1) is 5.92 Å². The Morgan fingerprint density at radius 1 is 0.673 bits per heavy atom. The highest BCUT2D eigenvalue weighted by molar-refractivity contribution is 7.47. The quantitative estimate of drug-likeness (QED) is 0.0211. The number of phosphoric ester groups is 1. The Morgan fingerprint density at radius 3 is 1.85 bits per heavy atom. The van der Waals surface area contributed by atoms with E-state index in [4.69, 9.17) is 19.1 Å². The summed E-state index contributed by atoms with van der Waals surface area (Å²) < 4.78 is 32.5. The van der Waals surface area contributed by atoms with Gasteiger partial charge in [-0.3, -0.25) is 18.6 Å². The number of hydrogen-bond donors (Lipinski definition) is 4. The van der Waals surface area contributed by atoms with E-state index in [1.807, 2.05) is 24.3 Å². The van der Waals surface area contributed by atoms with Gasteiger partial charge in [0.05, 0.1) is 25.9 Å². The second-order valence-electron chi connectivity index (χ2n) is 13.6. The van der Waals surface area contributed by atoms with Gasteiger partial charge in [0, 0.05) is 12.8 Å². The van der Waals surface area contributed by atoms with Gasteiger partial charge in [-0.15, -0.1) is 0 Å². The van der Waals surface area contributed by atoms with E-state index in [-0.39, 0.29) is 25.6 Å². The maximum atomic E-state index is 12.5. The molecule has 0 rings (SSSR count). The number of ether oxygens (including phenoxy) is 2. The summed E-state index contributed by atoms with van der Waals surface area (Å²) in [5.41, 5.74) is 0. The zero-order valence-electron chi connectivity index (χ0n) is 32.3. The first-order valence-corrected chi connectivity index (χ1v) is 21.0. The van der Waals surface area contributed by atoms with Crippen molar-refractivity contribution in [3.05, 3.63) is 48.6 Å². The summed E-state index contributed by atoms with van der Waals surface area (Å²) in [4.78, 5) is 34.8. The molecule has 0 aliphatic heterocycles. The Morgan fingerprint density at radius 2 is 1.23 bits per heavy atom. The van der Waals surface area contributed by atoms with E-state index >= 15 is 0 Å². The zero-order valence-corrected chi connectivity index (χ0v) is 33.2. The fourth-order valence-corrected chi connectivity index (χ4v) is 5.68. The van der Waals surface area contributed by atoms with Crippen molar-refractivity contribution >= 4 is 19.8 Å². The SMILES string of the molecule is CCCC[C@H](O)/C=C\C/C=C\C/C=C\C/C=C\CCCC(=O)OC[C@H](COP(=O)(O)OC[C@@H](O)CO)OC(=O)CCCCCCCCCCC(C)C. The van der Waals surface area contributed by atoms with Crippen LogP contribution in [0.2, 0.25) is 0 Å². The molecule has 12 heteroatoms. The molecule has 0 aliphatic rings. The number of phosphoric acid groups is 1. The third kappa shape index (κ3) is 34.9. The van der Waals surface area contributed by atoms with E-state index in [2.05, 4.69) is 49.6 Å². The Kier molecular flexibility index (Phi) is 33.2. The standard InChI is InChI=1S/C40H71O11P/c1-4-5-27-36(42)28-23-19-15-10-8-6-7-9-11-16-20-24-29-39(44)48-33-38(34-50-52(46,47)49-32-37(43)31-41)51-40(45)30-25-21-17-13-12-14-18-22-26-35(2)3/h6-7,10-11,15-16,23,28,35-38,41-43H,4-5,8-9,12-14,17-22,24-27,29-34H2,1-3H3,(H,46,47)/b7-6-,15-10-,16-11-,28-23-/t36-,37-,38+/m0/s1. The number of esters is 2. The lowest BCUT2D eigenvalue weighted by atomic mass is 10.0. The maximum Gasteiger partial charge on any atom is 0.472 e. The average molecular weight is 759 g/mol. The van der Waals surface area contributed by atoms with Crippen LogP contribution >= 0.6 is 7.82 Å². The van der Waals surface area contributed by atoms with Crippen molar-refractivity contribution in [3.8, 4) is 0 Å². The minimum Gasteiger partial charge on any atom is -0.462 e. The molecule has 1 unspecified atom stereocenters. The summed E-state index contributed by atoms with van der Waals surface area (Å²) >= 11 is 0. The molecule has 0 bridgehead atoms. The number of hydrogen-bond acceptors (Lipinski definition) is 10. The molecule has 0 fully saturated rings. The maximum absolute atomic E-state index is 12.5. The van der Waals surface area contributed by atoms with Crippen LogP contribution in [0.1, 0.15) is 143 Å². The molecule has 4 N–H and O–H groups in total. The van der Waals surface area contributed by atoms with Crippen LogP contribution in [0.15, 0.2) is 48.6 Å². The summed E-state index contributed by atoms with van der Waals surface area (Å²) in [6, 6.07) is 0. The van der Waals surface area contributed by atoms with Crippen molar-refractivity contribution in [1.29, 1.82) is 0 Å². The Hall–Kier alpha value is -2.11. The van der Waals surface area contributed by atoms with E-state index in [1.165, 1.54) is 32.1 Å². The number of aliphatic hydroxyl groups excluding tert-OH is 3. The summed E-state index contributed by atoms with van der Waals surface area (Å²) in [6.07, 6.45) is 30.1. The van der Waals surface area contributed by atoms with Gasteiger partial charge in [-0.1, -0.05) is 134 Å². The average Bonchev–Trinajstić information content (AvgIpc) is 3.11. The van der Waals surface area contributed by atoms with Crippen LogP contribution in [0.25, 0.3) is 0 Å². The second kappa shape index (κ2) is 34.6. The van der Waals surface area contributed by atoms with Crippen LogP contribution in [-0.4, -0.2) is 76.9 Å². The minimum absolute atomic E-state index is 0.148. The van der Waals surface area contributed by atoms with Gasteiger partial charge < -0.3 is 29.7 Å². The van der Waals surface area contributed by atoms with Crippen LogP contribution in [0.4, 0.5) is 0 Å². The van der Waals surface area contributed by atoms with Crippen molar-refractivity contribution in [2.45, 2.75) is 161 Å². The number of unbranched alkanes of at least 4 members (excludes halogenated alkanes) is 9. The first-order chi connectivity index (χ1) is 25.0. The Labute approximate surface area is 314 Å². The lowest BCUT2D eigenvalue weighted by Crippen LogP contribution is -2.29. The van der Waals surface area contributed by atoms with Gasteiger partial charge in [0.25, 0.3) is 0 Å². The summed E-state index contributed by atoms with van der Waals surface area (Å²) in [5, 5.41) is 28.1. The third-order valence-electron chi connectivity index (χ3n) is 7.98. The lowest BCUT2D eigenvalue weighted by molar-refractivity contribution is -0.161. The number of rotatable bonds is 35. The molecule has 0 aromatic carbocycles. The Bertz CT molecular complexity index is 1040. The normalized spacial score (nSPS) is 15.2. The van der Waals surface area contributed by atoms with Gasteiger partial charge in [-0.25, -0.2) is 4.57 Å². The fourth-order valence-electron chi connectivity index (χ4n) is 4.89. The molecule has 0 saturated carbocycles. The van der Waals surface area contributed by atoms with Gasteiger partial charge in [-0.05, 0) is 50.9 Å². The van der Waals surface area contributed by atoms with E-state index < -0.39 is 51.8 Å². The van der Waals surface area contributed by atoms with Gasteiger partial charge in [-0.2, -0.15) is 0 Å². The van der Waals surface area contributed by atoms with Crippen molar-refractivity contribution in [2.75, 3.05) is 26.4 Å². The fraction of sp³-hybridized carbons (Fsp3) is 0.750. The second-order valence-corrected chi connectivity index (χ2v) is 15.1. The largest absolute Gasteiger partial charge is 0.472 e. The molecule has 302 valence electrons. The highest BCUT2D eigenvalue weighted by Gasteiger charge is 2.27. The molecule has 4 atom stereocenters. The molecule has 52 heavy (non-hydrogen) atoms. The molecular weight excluding hydrogens is 687 g/mol. The molecule has 0 aliphatic carbocycles. The molecule has 0 aromatic rings. The van der Waals surface area contributed by atoms with Crippen molar-refractivity contribution in [1.82, 2.24) is 0 Å². The van der Waals surface area contributed by atoms with Crippen molar-refractivity contribution < 1.29 is 52.9 Å². The molecular formula is C40H71O11P. The third-order valence-corrected chi connectivity index (χ3v) is 8.94. The molecule has 0 radical (unpaired) electrons.